The number of aryl methyl sites for hydroxylation is 1. The second-order valence-electron chi connectivity index (χ2n) is 4.98. The van der Waals surface area contributed by atoms with E-state index in [9.17, 15) is 0 Å². The lowest BCUT2D eigenvalue weighted by Gasteiger charge is -2.06. The van der Waals surface area contributed by atoms with Crippen molar-refractivity contribution in [2.45, 2.75) is 57.4 Å². The molecule has 15 heavy (non-hydrogen) atoms. The van der Waals surface area contributed by atoms with E-state index in [-0.39, 0.29) is 5.54 Å². The summed E-state index contributed by atoms with van der Waals surface area (Å²) in [6.45, 7) is 4.56. The van der Waals surface area contributed by atoms with Crippen molar-refractivity contribution in [3.05, 3.63) is 21.9 Å². The van der Waals surface area contributed by atoms with E-state index in [0.717, 1.165) is 5.92 Å². The summed E-state index contributed by atoms with van der Waals surface area (Å²) < 4.78 is 0. The van der Waals surface area contributed by atoms with Crippen LogP contribution in [0.15, 0.2) is 12.1 Å². The molecule has 0 bridgehead atoms. The van der Waals surface area contributed by atoms with Crippen LogP contribution in [0.4, 0.5) is 0 Å². The third-order valence-corrected chi connectivity index (χ3v) is 4.92. The fourth-order valence-electron chi connectivity index (χ4n) is 1.78. The first-order chi connectivity index (χ1) is 7.13. The van der Waals surface area contributed by atoms with Gasteiger partial charge >= 0.3 is 0 Å². The van der Waals surface area contributed by atoms with Gasteiger partial charge in [0, 0.05) is 15.3 Å². The van der Waals surface area contributed by atoms with Gasteiger partial charge in [0.15, 0.2) is 0 Å². The first-order valence-electron chi connectivity index (χ1n) is 6.00. The zero-order valence-electron chi connectivity index (χ0n) is 9.75. The molecule has 1 aliphatic carbocycles. The Balaban J connectivity index is 1.89. The van der Waals surface area contributed by atoms with Gasteiger partial charge < -0.3 is 5.73 Å². The number of thiophene rings is 1. The maximum atomic E-state index is 6.09. The van der Waals surface area contributed by atoms with Crippen LogP contribution < -0.4 is 5.73 Å². The Morgan fingerprint density at radius 1 is 1.47 bits per heavy atom. The van der Waals surface area contributed by atoms with Gasteiger partial charge in [-0.25, -0.2) is 0 Å². The molecule has 1 fully saturated rings. The number of hydrogen-bond acceptors (Lipinski definition) is 2. The zero-order chi connectivity index (χ0) is 10.9. The average molecular weight is 223 g/mol. The standard InChI is InChI=1S/C13H21NS/c1-3-10(2)12-5-4-11(15-12)6-7-13(14)8-9-13/h4-5,10H,3,6-9,14H2,1-2H3. The molecule has 0 spiro atoms. The summed E-state index contributed by atoms with van der Waals surface area (Å²) in [6, 6.07) is 4.59. The summed E-state index contributed by atoms with van der Waals surface area (Å²) in [5.74, 6) is 0.719. The number of nitrogens with two attached hydrogens (primary N) is 1. The average Bonchev–Trinajstić information content (AvgIpc) is 2.81. The Bertz CT molecular complexity index is 325. The van der Waals surface area contributed by atoms with E-state index >= 15 is 0 Å². The predicted molar refractivity (Wildman–Crippen MR) is 67.5 cm³/mol. The van der Waals surface area contributed by atoms with E-state index < -0.39 is 0 Å². The molecule has 1 aromatic rings. The normalized spacial score (nSPS) is 20.2. The van der Waals surface area contributed by atoms with Crippen molar-refractivity contribution >= 4 is 11.3 Å². The van der Waals surface area contributed by atoms with Crippen LogP contribution in [-0.4, -0.2) is 5.54 Å². The van der Waals surface area contributed by atoms with E-state index in [2.05, 4.69) is 26.0 Å². The van der Waals surface area contributed by atoms with Crippen LogP contribution in [0, 0.1) is 0 Å². The SMILES string of the molecule is CCC(C)c1ccc(CCC2(N)CC2)s1. The molecule has 84 valence electrons. The molecule has 1 saturated carbocycles. The Morgan fingerprint density at radius 2 is 2.20 bits per heavy atom. The van der Waals surface area contributed by atoms with Gasteiger partial charge in [0.25, 0.3) is 0 Å². The van der Waals surface area contributed by atoms with Crippen molar-refractivity contribution < 1.29 is 0 Å². The number of hydrogen-bond donors (Lipinski definition) is 1. The predicted octanol–water partition coefficient (Wildman–Crippen LogP) is 3.69. The van der Waals surface area contributed by atoms with E-state index in [1.165, 1.54) is 41.9 Å². The summed E-state index contributed by atoms with van der Waals surface area (Å²) in [5, 5.41) is 0. The van der Waals surface area contributed by atoms with E-state index in [4.69, 9.17) is 5.73 Å². The van der Waals surface area contributed by atoms with Crippen LogP contribution in [0.5, 0.6) is 0 Å². The summed E-state index contributed by atoms with van der Waals surface area (Å²) in [4.78, 5) is 3.05. The minimum Gasteiger partial charge on any atom is -0.325 e. The Morgan fingerprint density at radius 3 is 2.80 bits per heavy atom. The topological polar surface area (TPSA) is 26.0 Å². The van der Waals surface area contributed by atoms with Crippen molar-refractivity contribution in [3.63, 3.8) is 0 Å². The van der Waals surface area contributed by atoms with Crippen molar-refractivity contribution in [3.8, 4) is 0 Å². The molecule has 0 aromatic carbocycles. The molecular weight excluding hydrogens is 202 g/mol. The van der Waals surface area contributed by atoms with Gasteiger partial charge in [0.1, 0.15) is 0 Å². The van der Waals surface area contributed by atoms with Gasteiger partial charge in [0.2, 0.25) is 0 Å². The maximum Gasteiger partial charge on any atom is 0.0159 e. The summed E-state index contributed by atoms with van der Waals surface area (Å²) in [6.07, 6.45) is 6.05. The van der Waals surface area contributed by atoms with Gasteiger partial charge in [-0.3, -0.25) is 0 Å². The Hall–Kier alpha value is -0.340. The molecule has 0 aliphatic heterocycles. The van der Waals surface area contributed by atoms with Crippen LogP contribution in [0.1, 0.15) is 55.2 Å². The third kappa shape index (κ3) is 2.82. The van der Waals surface area contributed by atoms with Crippen LogP contribution in [-0.2, 0) is 6.42 Å². The summed E-state index contributed by atoms with van der Waals surface area (Å²) in [7, 11) is 0. The fraction of sp³-hybridized carbons (Fsp3) is 0.692. The van der Waals surface area contributed by atoms with Gasteiger partial charge in [-0.05, 0) is 50.2 Å². The van der Waals surface area contributed by atoms with E-state index in [1.807, 2.05) is 11.3 Å². The van der Waals surface area contributed by atoms with Crippen LogP contribution in [0.25, 0.3) is 0 Å². The van der Waals surface area contributed by atoms with Crippen molar-refractivity contribution in [1.82, 2.24) is 0 Å². The van der Waals surface area contributed by atoms with Gasteiger partial charge in [-0.15, -0.1) is 11.3 Å². The second-order valence-corrected chi connectivity index (χ2v) is 6.18. The Labute approximate surface area is 96.7 Å². The van der Waals surface area contributed by atoms with Crippen molar-refractivity contribution in [2.75, 3.05) is 0 Å². The van der Waals surface area contributed by atoms with Gasteiger partial charge in [-0.2, -0.15) is 0 Å². The molecule has 0 amide bonds. The van der Waals surface area contributed by atoms with Crippen LogP contribution in [0.2, 0.25) is 0 Å². The molecule has 1 heterocycles. The first-order valence-corrected chi connectivity index (χ1v) is 6.82. The highest BCUT2D eigenvalue weighted by Crippen LogP contribution is 2.37. The minimum absolute atomic E-state index is 0.209. The first kappa shape index (κ1) is 11.2. The van der Waals surface area contributed by atoms with Crippen LogP contribution in [0.3, 0.4) is 0 Å². The molecule has 1 atom stereocenters. The highest BCUT2D eigenvalue weighted by molar-refractivity contribution is 7.12. The van der Waals surface area contributed by atoms with E-state index in [0.29, 0.717) is 0 Å². The molecule has 1 unspecified atom stereocenters. The lowest BCUT2D eigenvalue weighted by Crippen LogP contribution is -2.21. The molecule has 1 nitrogen and oxygen atoms in total. The zero-order valence-corrected chi connectivity index (χ0v) is 10.6. The minimum atomic E-state index is 0.209. The third-order valence-electron chi connectivity index (χ3n) is 3.54. The van der Waals surface area contributed by atoms with Crippen molar-refractivity contribution in [1.29, 1.82) is 0 Å². The van der Waals surface area contributed by atoms with E-state index in [1.54, 1.807) is 0 Å². The molecule has 1 aromatic heterocycles. The molecule has 2 N–H and O–H groups in total. The lowest BCUT2D eigenvalue weighted by molar-refractivity contribution is 0.612. The Kier molecular flexibility index (Phi) is 3.17. The molecular formula is C13H21NS. The molecule has 2 heteroatoms. The van der Waals surface area contributed by atoms with Gasteiger partial charge in [0.05, 0.1) is 0 Å². The second kappa shape index (κ2) is 4.26. The van der Waals surface area contributed by atoms with Crippen LogP contribution >= 0.6 is 11.3 Å². The largest absolute Gasteiger partial charge is 0.325 e. The molecule has 2 rings (SSSR count). The fourth-order valence-corrected chi connectivity index (χ4v) is 2.92. The molecule has 1 aliphatic rings. The maximum absolute atomic E-state index is 6.09. The summed E-state index contributed by atoms with van der Waals surface area (Å²) >= 11 is 1.98. The highest BCUT2D eigenvalue weighted by atomic mass is 32.1. The quantitative estimate of drug-likeness (QED) is 0.809. The number of rotatable bonds is 5. The molecule has 0 saturated heterocycles. The summed E-state index contributed by atoms with van der Waals surface area (Å²) in [5.41, 5.74) is 6.30. The monoisotopic (exact) mass is 223 g/mol. The highest BCUT2D eigenvalue weighted by Gasteiger charge is 2.37. The van der Waals surface area contributed by atoms with Crippen molar-refractivity contribution in [2.24, 2.45) is 5.73 Å². The smallest absolute Gasteiger partial charge is 0.0159 e. The molecule has 0 radical (unpaired) electrons. The lowest BCUT2D eigenvalue weighted by atomic mass is 10.1. The van der Waals surface area contributed by atoms with Gasteiger partial charge in [-0.1, -0.05) is 13.8 Å².